The van der Waals surface area contributed by atoms with E-state index in [2.05, 4.69) is 10.4 Å². The van der Waals surface area contributed by atoms with Crippen molar-refractivity contribution in [3.05, 3.63) is 70.3 Å². The molecule has 12 heteroatoms. The Labute approximate surface area is 217 Å². The number of carbonyl (C=O) groups excluding carboxylic acids is 3. The first-order chi connectivity index (χ1) is 17.4. The summed E-state index contributed by atoms with van der Waals surface area (Å²) in [5.41, 5.74) is 0.0383. The van der Waals surface area contributed by atoms with Gasteiger partial charge in [0.25, 0.3) is 5.91 Å². The molecule has 2 aromatic carbocycles. The smallest absolute Gasteiger partial charge is 0.344 e. The number of para-hydroxylation sites is 2. The summed E-state index contributed by atoms with van der Waals surface area (Å²) in [5, 5.41) is 7.42. The predicted octanol–water partition coefficient (Wildman–Crippen LogP) is 4.01. The highest BCUT2D eigenvalue weighted by Crippen LogP contribution is 2.24. The SMILES string of the molecule is CCOC(=O)c1cnn(CCOC(=O)COc2ccccc2Cl)c1NC(=O)COc1ccccc1Cl. The maximum absolute atomic E-state index is 12.5. The molecule has 1 amide bonds. The normalized spacial score (nSPS) is 10.4. The second kappa shape index (κ2) is 13.4. The van der Waals surface area contributed by atoms with E-state index in [9.17, 15) is 14.4 Å². The van der Waals surface area contributed by atoms with E-state index in [1.54, 1.807) is 55.5 Å². The molecule has 0 spiro atoms. The van der Waals surface area contributed by atoms with E-state index < -0.39 is 17.8 Å². The molecule has 1 N–H and O–H groups in total. The zero-order valence-corrected chi connectivity index (χ0v) is 20.8. The largest absolute Gasteiger partial charge is 0.482 e. The number of carbonyl (C=O) groups is 3. The van der Waals surface area contributed by atoms with Gasteiger partial charge in [-0.3, -0.25) is 4.79 Å². The third-order valence-corrected chi connectivity index (χ3v) is 5.16. The Bertz CT molecular complexity index is 1220. The van der Waals surface area contributed by atoms with Crippen LogP contribution in [0.3, 0.4) is 0 Å². The number of nitrogens with one attached hydrogen (secondary N) is 1. The van der Waals surface area contributed by atoms with Crippen LogP contribution in [0, 0.1) is 0 Å². The topological polar surface area (TPSA) is 118 Å². The zero-order chi connectivity index (χ0) is 25.9. The van der Waals surface area contributed by atoms with Gasteiger partial charge >= 0.3 is 11.9 Å². The van der Waals surface area contributed by atoms with E-state index in [-0.39, 0.29) is 44.4 Å². The lowest BCUT2D eigenvalue weighted by molar-refractivity contribution is -0.146. The van der Waals surface area contributed by atoms with Crippen LogP contribution in [-0.4, -0.2) is 54.1 Å². The summed E-state index contributed by atoms with van der Waals surface area (Å²) < 4.78 is 22.3. The van der Waals surface area contributed by atoms with E-state index in [4.69, 9.17) is 42.1 Å². The van der Waals surface area contributed by atoms with Gasteiger partial charge in [0, 0.05) is 0 Å². The molecule has 190 valence electrons. The maximum atomic E-state index is 12.5. The molecule has 0 atom stereocenters. The molecule has 36 heavy (non-hydrogen) atoms. The van der Waals surface area contributed by atoms with Crippen molar-refractivity contribution in [3.63, 3.8) is 0 Å². The second-order valence-corrected chi connectivity index (χ2v) is 7.87. The van der Waals surface area contributed by atoms with Crippen LogP contribution in [0.25, 0.3) is 0 Å². The fourth-order valence-electron chi connectivity index (χ4n) is 2.90. The van der Waals surface area contributed by atoms with Crippen LogP contribution in [0.2, 0.25) is 10.0 Å². The van der Waals surface area contributed by atoms with Crippen molar-refractivity contribution in [1.82, 2.24) is 9.78 Å². The molecular weight excluding hydrogens is 513 g/mol. The minimum Gasteiger partial charge on any atom is -0.482 e. The lowest BCUT2D eigenvalue weighted by atomic mass is 10.3. The molecule has 0 unspecified atom stereocenters. The first-order valence-electron chi connectivity index (χ1n) is 10.8. The summed E-state index contributed by atoms with van der Waals surface area (Å²) in [7, 11) is 0. The summed E-state index contributed by atoms with van der Waals surface area (Å²) in [4.78, 5) is 36.9. The van der Waals surface area contributed by atoms with E-state index in [1.807, 2.05) is 0 Å². The molecule has 0 saturated heterocycles. The molecular formula is C24H23Cl2N3O7. The highest BCUT2D eigenvalue weighted by atomic mass is 35.5. The number of rotatable bonds is 12. The van der Waals surface area contributed by atoms with Gasteiger partial charge < -0.3 is 24.3 Å². The van der Waals surface area contributed by atoms with E-state index in [1.165, 1.54) is 10.9 Å². The Balaban J connectivity index is 1.59. The Morgan fingerprint density at radius 3 is 2.14 bits per heavy atom. The molecule has 1 heterocycles. The number of halogens is 2. The molecule has 10 nitrogen and oxygen atoms in total. The molecule has 0 fully saturated rings. The molecule has 0 aliphatic carbocycles. The number of aromatic nitrogens is 2. The first kappa shape index (κ1) is 26.8. The van der Waals surface area contributed by atoms with E-state index >= 15 is 0 Å². The van der Waals surface area contributed by atoms with Gasteiger partial charge in [-0.2, -0.15) is 5.10 Å². The number of anilines is 1. The molecule has 0 aliphatic rings. The van der Waals surface area contributed by atoms with E-state index in [0.717, 1.165) is 0 Å². The van der Waals surface area contributed by atoms with Crippen LogP contribution < -0.4 is 14.8 Å². The number of esters is 2. The van der Waals surface area contributed by atoms with Crippen LogP contribution in [0.5, 0.6) is 11.5 Å². The molecule has 0 bridgehead atoms. The minimum atomic E-state index is -0.670. The van der Waals surface area contributed by atoms with Crippen LogP contribution in [0.4, 0.5) is 5.82 Å². The summed E-state index contributed by atoms with van der Waals surface area (Å²) in [6.45, 7) is 1.01. The first-order valence-corrected chi connectivity index (χ1v) is 11.6. The van der Waals surface area contributed by atoms with Gasteiger partial charge in [-0.15, -0.1) is 0 Å². The van der Waals surface area contributed by atoms with Crippen molar-refractivity contribution in [3.8, 4) is 11.5 Å². The number of ether oxygens (including phenoxy) is 4. The van der Waals surface area contributed by atoms with Crippen molar-refractivity contribution in [2.24, 2.45) is 0 Å². The van der Waals surface area contributed by atoms with Crippen LogP contribution in [-0.2, 0) is 25.6 Å². The Morgan fingerprint density at radius 1 is 0.917 bits per heavy atom. The van der Waals surface area contributed by atoms with Gasteiger partial charge in [-0.05, 0) is 31.2 Å². The molecule has 0 aliphatic heterocycles. The molecule has 0 radical (unpaired) electrons. The van der Waals surface area contributed by atoms with Gasteiger partial charge in [0.1, 0.15) is 29.5 Å². The van der Waals surface area contributed by atoms with Crippen molar-refractivity contribution >= 4 is 46.9 Å². The van der Waals surface area contributed by atoms with Crippen molar-refractivity contribution in [2.75, 3.05) is 31.7 Å². The van der Waals surface area contributed by atoms with Crippen LogP contribution >= 0.6 is 23.2 Å². The quantitative estimate of drug-likeness (QED) is 0.345. The van der Waals surface area contributed by atoms with E-state index in [0.29, 0.717) is 21.5 Å². The number of benzene rings is 2. The van der Waals surface area contributed by atoms with Gasteiger partial charge in [-0.25, -0.2) is 14.3 Å². The van der Waals surface area contributed by atoms with Gasteiger partial charge in [0.15, 0.2) is 13.2 Å². The second-order valence-electron chi connectivity index (χ2n) is 7.06. The van der Waals surface area contributed by atoms with Crippen LogP contribution in [0.15, 0.2) is 54.7 Å². The Kier molecular flexibility index (Phi) is 9.96. The van der Waals surface area contributed by atoms with Gasteiger partial charge in [0.2, 0.25) is 0 Å². The molecule has 0 saturated carbocycles. The van der Waals surface area contributed by atoms with Gasteiger partial charge in [0.05, 0.1) is 29.4 Å². The predicted molar refractivity (Wildman–Crippen MR) is 132 cm³/mol. The van der Waals surface area contributed by atoms with Gasteiger partial charge in [-0.1, -0.05) is 47.5 Å². The summed E-state index contributed by atoms with van der Waals surface area (Å²) >= 11 is 12.0. The summed E-state index contributed by atoms with van der Waals surface area (Å²) in [5.74, 6) is -1.11. The molecule has 3 aromatic rings. The monoisotopic (exact) mass is 535 g/mol. The Hall–Kier alpha value is -3.76. The fraction of sp³-hybridized carbons (Fsp3) is 0.250. The standard InChI is InChI=1S/C24H23Cl2N3O7/c1-2-33-24(32)16-13-27-29(11-12-34-22(31)15-36-20-10-6-4-8-18(20)26)23(16)28-21(30)14-35-19-9-5-3-7-17(19)25/h3-10,13H,2,11-12,14-15H2,1H3,(H,28,30). The summed E-state index contributed by atoms with van der Waals surface area (Å²) in [6.07, 6.45) is 1.25. The third-order valence-electron chi connectivity index (χ3n) is 4.54. The van der Waals surface area contributed by atoms with Crippen molar-refractivity contribution in [2.45, 2.75) is 13.5 Å². The molecule has 3 rings (SSSR count). The number of amides is 1. The highest BCUT2D eigenvalue weighted by molar-refractivity contribution is 6.32. The molecule has 1 aromatic heterocycles. The van der Waals surface area contributed by atoms with Crippen LogP contribution in [0.1, 0.15) is 17.3 Å². The lowest BCUT2D eigenvalue weighted by Gasteiger charge is -2.13. The fourth-order valence-corrected chi connectivity index (χ4v) is 3.28. The maximum Gasteiger partial charge on any atom is 0.344 e. The highest BCUT2D eigenvalue weighted by Gasteiger charge is 2.21. The number of nitrogens with zero attached hydrogens (tertiary/aromatic N) is 2. The Morgan fingerprint density at radius 2 is 1.53 bits per heavy atom. The lowest BCUT2D eigenvalue weighted by Crippen LogP contribution is -2.25. The van der Waals surface area contributed by atoms with Crippen molar-refractivity contribution in [1.29, 1.82) is 0 Å². The summed E-state index contributed by atoms with van der Waals surface area (Å²) in [6, 6.07) is 13.4. The zero-order valence-electron chi connectivity index (χ0n) is 19.2. The average molecular weight is 536 g/mol. The number of hydrogen-bond donors (Lipinski definition) is 1. The third kappa shape index (κ3) is 7.62. The van der Waals surface area contributed by atoms with Crippen molar-refractivity contribution < 1.29 is 33.3 Å². The average Bonchev–Trinajstić information content (AvgIpc) is 3.25. The minimum absolute atomic E-state index is 0.0383. The number of hydrogen-bond acceptors (Lipinski definition) is 8.